The molecule has 1 unspecified atom stereocenters. The molecule has 1 aromatic rings. The average Bonchev–Trinajstić information content (AvgIpc) is 3.07. The molecule has 0 spiro atoms. The van der Waals surface area contributed by atoms with Gasteiger partial charge in [0.2, 0.25) is 5.89 Å². The van der Waals surface area contributed by atoms with Gasteiger partial charge in [-0.1, -0.05) is 19.1 Å². The summed E-state index contributed by atoms with van der Waals surface area (Å²) < 4.78 is 10.6. The Morgan fingerprint density at radius 3 is 3.18 bits per heavy atom. The molecule has 8 heteroatoms. The molecule has 0 bridgehead atoms. The van der Waals surface area contributed by atoms with Crippen molar-refractivity contribution in [2.45, 2.75) is 25.4 Å². The number of nitrogens with one attached hydrogen (secondary N) is 2. The minimum atomic E-state index is -0.0287. The maximum absolute atomic E-state index is 7.05. The molecule has 1 aliphatic rings. The predicted molar refractivity (Wildman–Crippen MR) is 85.4 cm³/mol. The summed E-state index contributed by atoms with van der Waals surface area (Å²) in [6, 6.07) is 0.0926. The van der Waals surface area contributed by atoms with Crippen molar-refractivity contribution in [3.05, 3.63) is 37.1 Å². The third-order valence-electron chi connectivity index (χ3n) is 3.44. The molecule has 2 heterocycles. The van der Waals surface area contributed by atoms with Gasteiger partial charge in [0.05, 0.1) is 18.8 Å². The Kier molecular flexibility index (Phi) is 6.38. The van der Waals surface area contributed by atoms with E-state index in [1.54, 1.807) is 18.5 Å². The molecule has 0 saturated carbocycles. The van der Waals surface area contributed by atoms with E-state index in [1.165, 1.54) is 0 Å². The molecule has 2 N–H and O–H groups in total. The van der Waals surface area contributed by atoms with Crippen LogP contribution in [-0.2, 0) is 9.49 Å². The van der Waals surface area contributed by atoms with Crippen LogP contribution in [0.25, 0.3) is 5.57 Å². The van der Waals surface area contributed by atoms with Crippen molar-refractivity contribution in [2.75, 3.05) is 13.2 Å². The lowest BCUT2D eigenvalue weighted by molar-refractivity contribution is 0.0384. The van der Waals surface area contributed by atoms with Crippen LogP contribution in [0.4, 0.5) is 0 Å². The maximum Gasteiger partial charge on any atom is 0.431 e. The molecule has 2 rings (SSSR count). The van der Waals surface area contributed by atoms with Crippen LogP contribution in [0.2, 0.25) is 0 Å². The fourth-order valence-corrected chi connectivity index (χ4v) is 2.58. The van der Waals surface area contributed by atoms with Gasteiger partial charge in [0.1, 0.15) is 12.7 Å². The molecule has 1 aromatic heterocycles. The summed E-state index contributed by atoms with van der Waals surface area (Å²) in [5.74, 6) is 0.599. The molecule has 0 aromatic carbocycles. The van der Waals surface area contributed by atoms with Crippen molar-refractivity contribution in [3.63, 3.8) is 0 Å². The standard InChI is InChI=1S/C14H21BN4O3/c1-3-6-22-18-11-8-12(14-17-5-7-20-14)13(4-2)19(9-11)15-21-10-16/h3,5,7-8,10-11,13,15-16,18H,1,4,6,9H2,2H3/t11?,13-/m1/s1. The van der Waals surface area contributed by atoms with Gasteiger partial charge in [-0.2, -0.15) is 5.48 Å². The zero-order chi connectivity index (χ0) is 15.8. The fourth-order valence-electron chi connectivity index (χ4n) is 2.58. The SMILES string of the molecule is C=CCONC1C=C(c2ncco2)[C@@H](CC)N(BOC=N)C1. The van der Waals surface area contributed by atoms with E-state index in [0.29, 0.717) is 26.7 Å². The largest absolute Gasteiger partial charge is 0.541 e. The number of rotatable bonds is 9. The number of oxazole rings is 1. The van der Waals surface area contributed by atoms with Gasteiger partial charge in [0, 0.05) is 18.2 Å². The molecule has 0 fully saturated rings. The summed E-state index contributed by atoms with van der Waals surface area (Å²) in [5, 5.41) is 7.05. The Bertz CT molecular complexity index is 506. The second kappa shape index (κ2) is 8.52. The summed E-state index contributed by atoms with van der Waals surface area (Å²) in [7, 11) is 0.333. The Balaban J connectivity index is 2.19. The van der Waals surface area contributed by atoms with E-state index < -0.39 is 0 Å². The van der Waals surface area contributed by atoms with Crippen LogP contribution in [0.1, 0.15) is 19.2 Å². The Labute approximate surface area is 130 Å². The minimum Gasteiger partial charge on any atom is -0.541 e. The molecule has 22 heavy (non-hydrogen) atoms. The summed E-state index contributed by atoms with van der Waals surface area (Å²) in [6.45, 7) is 6.84. The fraction of sp³-hybridized carbons (Fsp3) is 0.429. The second-order valence-electron chi connectivity index (χ2n) is 4.89. The Morgan fingerprint density at radius 2 is 2.55 bits per heavy atom. The molecule has 7 nitrogen and oxygen atoms in total. The average molecular weight is 304 g/mol. The third-order valence-corrected chi connectivity index (χ3v) is 3.44. The zero-order valence-electron chi connectivity index (χ0n) is 12.7. The first-order valence-electron chi connectivity index (χ1n) is 7.24. The van der Waals surface area contributed by atoms with Crippen LogP contribution in [0.5, 0.6) is 0 Å². The number of hydrogen-bond donors (Lipinski definition) is 2. The summed E-state index contributed by atoms with van der Waals surface area (Å²) >= 11 is 0. The summed E-state index contributed by atoms with van der Waals surface area (Å²) in [6.07, 6.45) is 8.78. The number of aromatic nitrogens is 1. The highest BCUT2D eigenvalue weighted by Gasteiger charge is 2.32. The quantitative estimate of drug-likeness (QED) is 0.178. The number of hydroxylamine groups is 1. The molecule has 0 aliphatic carbocycles. The van der Waals surface area contributed by atoms with Gasteiger partial charge in [-0.15, -0.1) is 6.58 Å². The van der Waals surface area contributed by atoms with E-state index in [1.807, 2.05) is 0 Å². The van der Waals surface area contributed by atoms with Crippen LogP contribution < -0.4 is 5.48 Å². The third kappa shape index (κ3) is 4.06. The molecule has 0 amide bonds. The van der Waals surface area contributed by atoms with Crippen molar-refractivity contribution < 1.29 is 13.9 Å². The molecule has 0 saturated heterocycles. The highest BCUT2D eigenvalue weighted by atomic mass is 16.6. The lowest BCUT2D eigenvalue weighted by Crippen LogP contribution is -2.51. The van der Waals surface area contributed by atoms with E-state index in [4.69, 9.17) is 19.3 Å². The maximum atomic E-state index is 7.05. The monoisotopic (exact) mass is 304 g/mol. The lowest BCUT2D eigenvalue weighted by atomic mass is 9.90. The molecule has 2 atom stereocenters. The van der Waals surface area contributed by atoms with Crippen molar-refractivity contribution in [2.24, 2.45) is 0 Å². The first-order valence-corrected chi connectivity index (χ1v) is 7.24. The Hall–Kier alpha value is -1.90. The normalized spacial score (nSPS) is 22.0. The lowest BCUT2D eigenvalue weighted by Gasteiger charge is -2.37. The van der Waals surface area contributed by atoms with Gasteiger partial charge >= 0.3 is 7.62 Å². The molecule has 0 radical (unpaired) electrons. The molecule has 1 aliphatic heterocycles. The van der Waals surface area contributed by atoms with E-state index in [-0.39, 0.29) is 12.1 Å². The summed E-state index contributed by atoms with van der Waals surface area (Å²) in [4.78, 5) is 11.7. The topological polar surface area (TPSA) is 83.6 Å². The van der Waals surface area contributed by atoms with Crippen molar-refractivity contribution >= 4 is 19.6 Å². The van der Waals surface area contributed by atoms with Gasteiger partial charge in [0.15, 0.2) is 0 Å². The van der Waals surface area contributed by atoms with Crippen LogP contribution >= 0.6 is 0 Å². The van der Waals surface area contributed by atoms with Crippen LogP contribution in [0.15, 0.2) is 35.6 Å². The van der Waals surface area contributed by atoms with Gasteiger partial charge in [0.25, 0.3) is 0 Å². The highest BCUT2D eigenvalue weighted by Crippen LogP contribution is 2.27. The number of hydrogen-bond acceptors (Lipinski definition) is 7. The van der Waals surface area contributed by atoms with E-state index >= 15 is 0 Å². The molecular weight excluding hydrogens is 283 g/mol. The van der Waals surface area contributed by atoms with E-state index in [0.717, 1.165) is 18.4 Å². The van der Waals surface area contributed by atoms with Gasteiger partial charge < -0.3 is 13.9 Å². The van der Waals surface area contributed by atoms with E-state index in [9.17, 15) is 0 Å². The van der Waals surface area contributed by atoms with Gasteiger partial charge in [-0.3, -0.25) is 10.2 Å². The molecular formula is C14H21BN4O3. The predicted octanol–water partition coefficient (Wildman–Crippen LogP) is 1.12. The van der Waals surface area contributed by atoms with E-state index in [2.05, 4.69) is 34.9 Å². The van der Waals surface area contributed by atoms with Crippen LogP contribution in [-0.4, -0.2) is 49.0 Å². The smallest absolute Gasteiger partial charge is 0.431 e. The highest BCUT2D eigenvalue weighted by molar-refractivity contribution is 6.26. The Morgan fingerprint density at radius 1 is 1.68 bits per heavy atom. The summed E-state index contributed by atoms with van der Waals surface area (Å²) in [5.41, 5.74) is 3.99. The van der Waals surface area contributed by atoms with Gasteiger partial charge in [-0.05, 0) is 6.42 Å². The second-order valence-corrected chi connectivity index (χ2v) is 4.89. The van der Waals surface area contributed by atoms with Crippen molar-refractivity contribution in [3.8, 4) is 0 Å². The van der Waals surface area contributed by atoms with Crippen molar-refractivity contribution in [1.82, 2.24) is 15.3 Å². The molecule has 118 valence electrons. The van der Waals surface area contributed by atoms with Gasteiger partial charge in [-0.25, -0.2) is 4.98 Å². The first-order chi connectivity index (χ1) is 10.8. The van der Waals surface area contributed by atoms with Crippen molar-refractivity contribution in [1.29, 1.82) is 5.41 Å². The first kappa shape index (κ1) is 16.5. The minimum absolute atomic E-state index is 0.0287. The zero-order valence-corrected chi connectivity index (χ0v) is 12.7. The number of nitrogens with zero attached hydrogens (tertiary/aromatic N) is 2. The van der Waals surface area contributed by atoms with Crippen LogP contribution in [0, 0.1) is 5.41 Å². The van der Waals surface area contributed by atoms with Crippen LogP contribution in [0.3, 0.4) is 0 Å².